The molecule has 6 heteroatoms. The Morgan fingerprint density at radius 1 is 1.04 bits per heavy atom. The first-order chi connectivity index (χ1) is 12.6. The van der Waals surface area contributed by atoms with Crippen molar-refractivity contribution in [3.63, 3.8) is 0 Å². The van der Waals surface area contributed by atoms with Crippen LogP contribution in [-0.2, 0) is 0 Å². The molecule has 0 aliphatic heterocycles. The summed E-state index contributed by atoms with van der Waals surface area (Å²) in [6, 6.07) is 21.5. The number of hydrogen-bond donors (Lipinski definition) is 1. The highest BCUT2D eigenvalue weighted by atomic mass is 127. The number of thiazole rings is 1. The van der Waals surface area contributed by atoms with Gasteiger partial charge >= 0.3 is 0 Å². The molecule has 0 aliphatic carbocycles. The summed E-state index contributed by atoms with van der Waals surface area (Å²) in [6.07, 6.45) is 0. The lowest BCUT2D eigenvalue weighted by atomic mass is 10.2. The third-order valence-electron chi connectivity index (χ3n) is 3.83. The van der Waals surface area contributed by atoms with Crippen LogP contribution in [0.1, 0.15) is 10.4 Å². The average molecular weight is 535 g/mol. The van der Waals surface area contributed by atoms with Gasteiger partial charge in [0.15, 0.2) is 0 Å². The van der Waals surface area contributed by atoms with Gasteiger partial charge in [0.1, 0.15) is 5.01 Å². The number of benzene rings is 3. The first-order valence-electron chi connectivity index (χ1n) is 7.82. The Bertz CT molecular complexity index is 1090. The maximum atomic E-state index is 12.6. The number of carbonyl (C=O) groups is 1. The summed E-state index contributed by atoms with van der Waals surface area (Å²) in [5.74, 6) is -0.128. The number of fused-ring (bicyclic) bond motifs is 1. The van der Waals surface area contributed by atoms with Crippen molar-refractivity contribution in [1.29, 1.82) is 0 Å². The lowest BCUT2D eigenvalue weighted by Gasteiger charge is -2.08. The van der Waals surface area contributed by atoms with Crippen LogP contribution in [0.3, 0.4) is 0 Å². The second-order valence-corrected chi connectivity index (χ2v) is 8.75. The van der Waals surface area contributed by atoms with Crippen LogP contribution >= 0.6 is 49.9 Å². The Hall–Kier alpha value is -1.77. The van der Waals surface area contributed by atoms with Gasteiger partial charge < -0.3 is 5.32 Å². The number of para-hydroxylation sites is 1. The molecule has 0 aliphatic rings. The molecule has 0 spiro atoms. The predicted octanol–water partition coefficient (Wildman–Crippen LogP) is 6.58. The Kier molecular flexibility index (Phi) is 5.06. The van der Waals surface area contributed by atoms with Crippen molar-refractivity contribution in [2.24, 2.45) is 0 Å². The van der Waals surface area contributed by atoms with E-state index in [2.05, 4.69) is 54.9 Å². The summed E-state index contributed by atoms with van der Waals surface area (Å²) in [4.78, 5) is 17.3. The van der Waals surface area contributed by atoms with E-state index in [9.17, 15) is 4.79 Å². The summed E-state index contributed by atoms with van der Waals surface area (Å²) in [7, 11) is 0. The second kappa shape index (κ2) is 7.46. The Morgan fingerprint density at radius 3 is 2.73 bits per heavy atom. The van der Waals surface area contributed by atoms with Crippen molar-refractivity contribution in [3.8, 4) is 10.6 Å². The molecular weight excluding hydrogens is 523 g/mol. The highest BCUT2D eigenvalue weighted by molar-refractivity contribution is 14.1. The number of nitrogens with zero attached hydrogens (tertiary/aromatic N) is 1. The Morgan fingerprint density at radius 2 is 1.88 bits per heavy atom. The number of halogens is 2. The molecule has 3 aromatic carbocycles. The molecule has 128 valence electrons. The Balaban J connectivity index is 1.63. The van der Waals surface area contributed by atoms with E-state index in [1.165, 1.54) is 0 Å². The van der Waals surface area contributed by atoms with Crippen molar-refractivity contribution < 1.29 is 4.79 Å². The number of aromatic nitrogens is 1. The summed E-state index contributed by atoms with van der Waals surface area (Å²) in [5.41, 5.74) is 3.38. The van der Waals surface area contributed by atoms with Gasteiger partial charge in [0, 0.05) is 19.3 Å². The molecule has 1 aromatic heterocycles. The highest BCUT2D eigenvalue weighted by Gasteiger charge is 2.12. The minimum Gasteiger partial charge on any atom is -0.322 e. The third kappa shape index (κ3) is 3.67. The lowest BCUT2D eigenvalue weighted by molar-refractivity contribution is 0.102. The molecule has 0 bridgehead atoms. The zero-order valence-corrected chi connectivity index (χ0v) is 17.9. The molecule has 4 rings (SSSR count). The first-order valence-corrected chi connectivity index (χ1v) is 10.5. The molecule has 0 atom stereocenters. The minimum absolute atomic E-state index is 0.128. The first kappa shape index (κ1) is 17.6. The normalized spacial score (nSPS) is 10.8. The summed E-state index contributed by atoms with van der Waals surface area (Å²) in [5, 5.41) is 3.93. The number of carbonyl (C=O) groups excluding carboxylic acids is 1. The molecule has 26 heavy (non-hydrogen) atoms. The fourth-order valence-electron chi connectivity index (χ4n) is 2.60. The molecule has 0 radical (unpaired) electrons. The van der Waals surface area contributed by atoms with Gasteiger partial charge in [0.25, 0.3) is 5.91 Å². The van der Waals surface area contributed by atoms with Gasteiger partial charge in [-0.1, -0.05) is 40.2 Å². The van der Waals surface area contributed by atoms with Crippen LogP contribution in [-0.4, -0.2) is 10.9 Å². The fraction of sp³-hybridized carbons (Fsp3) is 0. The van der Waals surface area contributed by atoms with Gasteiger partial charge in [0.2, 0.25) is 0 Å². The number of anilines is 1. The maximum absolute atomic E-state index is 12.6. The van der Waals surface area contributed by atoms with Crippen LogP contribution in [0.4, 0.5) is 5.69 Å². The van der Waals surface area contributed by atoms with Gasteiger partial charge in [0.05, 0.1) is 15.8 Å². The molecule has 0 fully saturated rings. The van der Waals surface area contributed by atoms with Crippen LogP contribution < -0.4 is 5.32 Å². The van der Waals surface area contributed by atoms with Gasteiger partial charge in [-0.15, -0.1) is 11.3 Å². The van der Waals surface area contributed by atoms with E-state index in [4.69, 9.17) is 0 Å². The molecule has 1 amide bonds. The molecular formula is C20H12BrIN2OS. The second-order valence-electron chi connectivity index (χ2n) is 5.65. The number of hydrogen-bond acceptors (Lipinski definition) is 3. The van der Waals surface area contributed by atoms with E-state index in [1.54, 1.807) is 11.3 Å². The van der Waals surface area contributed by atoms with Crippen LogP contribution in [0.2, 0.25) is 0 Å². The van der Waals surface area contributed by atoms with Crippen LogP contribution in [0, 0.1) is 3.57 Å². The van der Waals surface area contributed by atoms with Crippen LogP contribution in [0.25, 0.3) is 20.8 Å². The Labute approximate surface area is 176 Å². The fourth-order valence-corrected chi connectivity index (χ4v) is 4.50. The minimum atomic E-state index is -0.128. The van der Waals surface area contributed by atoms with E-state index < -0.39 is 0 Å². The molecule has 3 nitrogen and oxygen atoms in total. The lowest BCUT2D eigenvalue weighted by Crippen LogP contribution is -2.13. The SMILES string of the molecule is O=C(Nc1cccc(-c2nc3ccccc3s2)c1)c1cc(Br)ccc1I. The van der Waals surface area contributed by atoms with E-state index >= 15 is 0 Å². The smallest absolute Gasteiger partial charge is 0.256 e. The number of nitrogens with one attached hydrogen (secondary N) is 1. The van der Waals surface area contributed by atoms with Crippen LogP contribution in [0.5, 0.6) is 0 Å². The highest BCUT2D eigenvalue weighted by Crippen LogP contribution is 2.31. The third-order valence-corrected chi connectivity index (χ3v) is 6.35. The van der Waals surface area contributed by atoms with Crippen LogP contribution in [0.15, 0.2) is 71.2 Å². The molecule has 4 aromatic rings. The van der Waals surface area contributed by atoms with Crippen molar-refractivity contribution in [1.82, 2.24) is 4.98 Å². The average Bonchev–Trinajstić information content (AvgIpc) is 3.08. The zero-order chi connectivity index (χ0) is 18.1. The number of amides is 1. The predicted molar refractivity (Wildman–Crippen MR) is 120 cm³/mol. The van der Waals surface area contributed by atoms with Gasteiger partial charge in [-0.2, -0.15) is 0 Å². The summed E-state index contributed by atoms with van der Waals surface area (Å²) >= 11 is 7.24. The van der Waals surface area contributed by atoms with Crippen molar-refractivity contribution in [2.75, 3.05) is 5.32 Å². The summed E-state index contributed by atoms with van der Waals surface area (Å²) in [6.45, 7) is 0. The van der Waals surface area contributed by atoms with Gasteiger partial charge in [-0.05, 0) is 65.1 Å². The molecule has 0 saturated carbocycles. The quantitative estimate of drug-likeness (QED) is 0.301. The summed E-state index contributed by atoms with van der Waals surface area (Å²) < 4.78 is 2.94. The van der Waals surface area contributed by atoms with Crippen molar-refractivity contribution in [2.45, 2.75) is 0 Å². The largest absolute Gasteiger partial charge is 0.322 e. The van der Waals surface area contributed by atoms with E-state index in [1.807, 2.05) is 60.7 Å². The van der Waals surface area contributed by atoms with Crippen molar-refractivity contribution >= 4 is 71.7 Å². The van der Waals surface area contributed by atoms with Gasteiger partial charge in [-0.3, -0.25) is 4.79 Å². The topological polar surface area (TPSA) is 42.0 Å². The number of rotatable bonds is 3. The molecule has 0 unspecified atom stereocenters. The molecule has 0 saturated heterocycles. The van der Waals surface area contributed by atoms with E-state index in [0.29, 0.717) is 5.56 Å². The van der Waals surface area contributed by atoms with E-state index in [0.717, 1.165) is 34.5 Å². The van der Waals surface area contributed by atoms with Gasteiger partial charge in [-0.25, -0.2) is 4.98 Å². The van der Waals surface area contributed by atoms with Crippen molar-refractivity contribution in [3.05, 3.63) is 80.3 Å². The molecule has 1 N–H and O–H groups in total. The molecule has 1 heterocycles. The monoisotopic (exact) mass is 534 g/mol. The van der Waals surface area contributed by atoms with E-state index in [-0.39, 0.29) is 5.91 Å². The standard InChI is InChI=1S/C20H12BrIN2OS/c21-13-8-9-16(22)15(11-13)19(25)23-14-5-3-4-12(10-14)20-24-17-6-1-2-7-18(17)26-20/h1-11H,(H,23,25). The zero-order valence-electron chi connectivity index (χ0n) is 13.4. The maximum Gasteiger partial charge on any atom is 0.256 e.